The first-order chi connectivity index (χ1) is 6.95. The van der Waals surface area contributed by atoms with Gasteiger partial charge in [0.15, 0.2) is 10.2 Å². The predicted molar refractivity (Wildman–Crippen MR) is 65.9 cm³/mol. The SMILES string of the molecule is CCCC(CC(O)SC(C)=O)SC(C)=O. The first-order valence-electron chi connectivity index (χ1n) is 4.98. The van der Waals surface area contributed by atoms with E-state index in [0.717, 1.165) is 24.6 Å². The van der Waals surface area contributed by atoms with Crippen molar-refractivity contribution in [2.24, 2.45) is 0 Å². The predicted octanol–water partition coefficient (Wildman–Crippen LogP) is 2.42. The molecule has 0 rings (SSSR count). The van der Waals surface area contributed by atoms with Crippen molar-refractivity contribution < 1.29 is 14.7 Å². The van der Waals surface area contributed by atoms with Gasteiger partial charge in [-0.1, -0.05) is 36.9 Å². The highest BCUT2D eigenvalue weighted by Crippen LogP contribution is 2.25. The Balaban J connectivity index is 4.02. The number of thioether (sulfide) groups is 2. The van der Waals surface area contributed by atoms with E-state index in [1.807, 2.05) is 6.92 Å². The van der Waals surface area contributed by atoms with Gasteiger partial charge >= 0.3 is 0 Å². The molecule has 1 N–H and O–H groups in total. The van der Waals surface area contributed by atoms with Crippen LogP contribution in [-0.2, 0) is 9.59 Å². The molecule has 0 saturated carbocycles. The molecule has 0 fully saturated rings. The topological polar surface area (TPSA) is 54.4 Å². The molecule has 0 aromatic carbocycles. The van der Waals surface area contributed by atoms with Crippen molar-refractivity contribution in [2.75, 3.05) is 0 Å². The van der Waals surface area contributed by atoms with E-state index in [2.05, 4.69) is 0 Å². The molecular formula is C10H18O3S2. The van der Waals surface area contributed by atoms with Crippen LogP contribution in [0.25, 0.3) is 0 Å². The molecule has 0 aliphatic carbocycles. The summed E-state index contributed by atoms with van der Waals surface area (Å²) in [6.45, 7) is 5.00. The van der Waals surface area contributed by atoms with Crippen molar-refractivity contribution in [1.29, 1.82) is 0 Å². The van der Waals surface area contributed by atoms with Crippen LogP contribution in [0.3, 0.4) is 0 Å². The van der Waals surface area contributed by atoms with Crippen molar-refractivity contribution >= 4 is 33.8 Å². The number of aliphatic hydroxyl groups is 1. The molecule has 0 aromatic rings. The lowest BCUT2D eigenvalue weighted by atomic mass is 10.2. The summed E-state index contributed by atoms with van der Waals surface area (Å²) < 4.78 is 0. The van der Waals surface area contributed by atoms with E-state index >= 15 is 0 Å². The van der Waals surface area contributed by atoms with Gasteiger partial charge in [-0.05, 0) is 12.8 Å². The molecule has 5 heteroatoms. The van der Waals surface area contributed by atoms with E-state index in [0.29, 0.717) is 6.42 Å². The Morgan fingerprint density at radius 1 is 1.20 bits per heavy atom. The fraction of sp³-hybridized carbons (Fsp3) is 0.800. The number of carbonyl (C=O) groups is 2. The van der Waals surface area contributed by atoms with Crippen LogP contribution < -0.4 is 0 Å². The van der Waals surface area contributed by atoms with Crippen LogP contribution in [0.5, 0.6) is 0 Å². The normalized spacial score (nSPS) is 14.7. The van der Waals surface area contributed by atoms with Crippen LogP contribution in [0.1, 0.15) is 40.0 Å². The van der Waals surface area contributed by atoms with Crippen LogP contribution in [0, 0.1) is 0 Å². The Morgan fingerprint density at radius 2 is 1.73 bits per heavy atom. The monoisotopic (exact) mass is 250 g/mol. The first-order valence-corrected chi connectivity index (χ1v) is 6.74. The van der Waals surface area contributed by atoms with Gasteiger partial charge in [0, 0.05) is 19.1 Å². The number of aliphatic hydroxyl groups excluding tert-OH is 1. The average molecular weight is 250 g/mol. The van der Waals surface area contributed by atoms with E-state index in [4.69, 9.17) is 0 Å². The second kappa shape index (κ2) is 8.19. The highest BCUT2D eigenvalue weighted by atomic mass is 32.2. The van der Waals surface area contributed by atoms with Crippen molar-refractivity contribution in [1.82, 2.24) is 0 Å². The molecule has 2 atom stereocenters. The zero-order valence-electron chi connectivity index (χ0n) is 9.36. The minimum Gasteiger partial charge on any atom is -0.382 e. The van der Waals surface area contributed by atoms with E-state index in [1.54, 1.807) is 0 Å². The zero-order chi connectivity index (χ0) is 11.8. The molecule has 2 unspecified atom stereocenters. The Hall–Kier alpha value is -0.0000000000000000555. The first kappa shape index (κ1) is 15.0. The molecule has 3 nitrogen and oxygen atoms in total. The molecule has 0 aliphatic rings. The van der Waals surface area contributed by atoms with Gasteiger partial charge in [-0.2, -0.15) is 0 Å². The second-order valence-electron chi connectivity index (χ2n) is 3.32. The molecule has 0 saturated heterocycles. The molecule has 88 valence electrons. The van der Waals surface area contributed by atoms with Gasteiger partial charge in [0.2, 0.25) is 0 Å². The lowest BCUT2D eigenvalue weighted by molar-refractivity contribution is -0.110. The van der Waals surface area contributed by atoms with Gasteiger partial charge in [0.25, 0.3) is 0 Å². The molecule has 0 amide bonds. The van der Waals surface area contributed by atoms with Crippen molar-refractivity contribution in [2.45, 2.75) is 50.7 Å². The highest BCUT2D eigenvalue weighted by molar-refractivity contribution is 8.14. The molecular weight excluding hydrogens is 232 g/mol. The molecule has 0 aromatic heterocycles. The maximum absolute atomic E-state index is 10.9. The highest BCUT2D eigenvalue weighted by Gasteiger charge is 2.17. The number of hydrogen-bond donors (Lipinski definition) is 1. The molecule has 0 radical (unpaired) electrons. The molecule has 0 heterocycles. The van der Waals surface area contributed by atoms with Gasteiger partial charge in [0.05, 0.1) is 0 Å². The summed E-state index contributed by atoms with van der Waals surface area (Å²) in [7, 11) is 0. The van der Waals surface area contributed by atoms with Crippen molar-refractivity contribution in [3.8, 4) is 0 Å². The summed E-state index contributed by atoms with van der Waals surface area (Å²) in [5, 5.41) is 9.64. The molecule has 0 aliphatic heterocycles. The smallest absolute Gasteiger partial charge is 0.188 e. The van der Waals surface area contributed by atoms with Gasteiger partial charge in [-0.3, -0.25) is 9.59 Å². The molecule has 0 spiro atoms. The van der Waals surface area contributed by atoms with E-state index < -0.39 is 5.44 Å². The van der Waals surface area contributed by atoms with Gasteiger partial charge in [-0.15, -0.1) is 0 Å². The Labute approximate surface area is 99.4 Å². The van der Waals surface area contributed by atoms with E-state index in [9.17, 15) is 14.7 Å². The van der Waals surface area contributed by atoms with Crippen LogP contribution in [-0.4, -0.2) is 26.0 Å². The third-order valence-electron chi connectivity index (χ3n) is 1.71. The summed E-state index contributed by atoms with van der Waals surface area (Å²) >= 11 is 2.18. The standard InChI is InChI=1S/C10H18O3S2/c1-4-5-9(14-7(2)11)6-10(13)15-8(3)12/h9-10,13H,4-6H2,1-3H3. The largest absolute Gasteiger partial charge is 0.382 e. The van der Waals surface area contributed by atoms with Crippen LogP contribution in [0.2, 0.25) is 0 Å². The summed E-state index contributed by atoms with van der Waals surface area (Å²) in [5.74, 6) is 0. The summed E-state index contributed by atoms with van der Waals surface area (Å²) in [4.78, 5) is 21.7. The third-order valence-corrected chi connectivity index (χ3v) is 3.60. The van der Waals surface area contributed by atoms with E-state index in [-0.39, 0.29) is 15.5 Å². The summed E-state index contributed by atoms with van der Waals surface area (Å²) in [5.41, 5.74) is -0.689. The van der Waals surface area contributed by atoms with Gasteiger partial charge in [-0.25, -0.2) is 0 Å². The minimum absolute atomic E-state index is 0.0634. The average Bonchev–Trinajstić information content (AvgIpc) is 2.00. The maximum atomic E-state index is 10.9. The van der Waals surface area contributed by atoms with Crippen LogP contribution in [0.15, 0.2) is 0 Å². The van der Waals surface area contributed by atoms with Crippen LogP contribution in [0.4, 0.5) is 0 Å². The number of carbonyl (C=O) groups excluding carboxylic acids is 2. The second-order valence-corrected chi connectivity index (χ2v) is 6.15. The third kappa shape index (κ3) is 8.96. The fourth-order valence-corrected chi connectivity index (χ4v) is 3.18. The van der Waals surface area contributed by atoms with Crippen molar-refractivity contribution in [3.05, 3.63) is 0 Å². The summed E-state index contributed by atoms with van der Waals surface area (Å²) in [6.07, 6.45) is 2.35. The lowest BCUT2D eigenvalue weighted by Crippen LogP contribution is -2.15. The Kier molecular flexibility index (Phi) is 8.19. The van der Waals surface area contributed by atoms with Gasteiger partial charge in [0.1, 0.15) is 5.44 Å². The number of rotatable bonds is 6. The quantitative estimate of drug-likeness (QED) is 0.734. The van der Waals surface area contributed by atoms with Gasteiger partial charge < -0.3 is 5.11 Å². The Bertz CT molecular complexity index is 219. The summed E-state index contributed by atoms with van der Waals surface area (Å²) in [6, 6.07) is 0. The van der Waals surface area contributed by atoms with Crippen LogP contribution >= 0.6 is 23.5 Å². The minimum atomic E-state index is -0.689. The fourth-order valence-electron chi connectivity index (χ4n) is 1.25. The number of hydrogen-bond acceptors (Lipinski definition) is 5. The van der Waals surface area contributed by atoms with E-state index in [1.165, 1.54) is 25.6 Å². The molecule has 0 bridgehead atoms. The van der Waals surface area contributed by atoms with Crippen molar-refractivity contribution in [3.63, 3.8) is 0 Å². The molecule has 15 heavy (non-hydrogen) atoms. The Morgan fingerprint density at radius 3 is 2.13 bits per heavy atom. The lowest BCUT2D eigenvalue weighted by Gasteiger charge is -2.16. The zero-order valence-corrected chi connectivity index (χ0v) is 11.0. The maximum Gasteiger partial charge on any atom is 0.188 e.